The van der Waals surface area contributed by atoms with Gasteiger partial charge in [0, 0.05) is 18.2 Å². The van der Waals surface area contributed by atoms with E-state index in [-0.39, 0.29) is 5.78 Å². The summed E-state index contributed by atoms with van der Waals surface area (Å²) in [4.78, 5) is 15.6. The van der Waals surface area contributed by atoms with Gasteiger partial charge in [-0.3, -0.25) is 4.79 Å². The number of rotatable bonds is 6. The number of carbonyl (C=O) groups is 1. The molecule has 0 aliphatic carbocycles. The van der Waals surface area contributed by atoms with Gasteiger partial charge in [0.05, 0.1) is 10.6 Å². The van der Waals surface area contributed by atoms with Gasteiger partial charge in [0.2, 0.25) is 0 Å². The molecule has 0 saturated heterocycles. The zero-order chi connectivity index (χ0) is 16.9. The maximum Gasteiger partial charge on any atom is 0.417 e. The van der Waals surface area contributed by atoms with Crippen LogP contribution in [0.4, 0.5) is 17.6 Å². The molecule has 1 aromatic heterocycles. The molecule has 0 atom stereocenters. The average Bonchev–Trinajstić information content (AvgIpc) is 2.51. The molecule has 1 aromatic carbocycles. The Labute approximate surface area is 134 Å². The number of aromatic nitrogens is 1. The van der Waals surface area contributed by atoms with Crippen LogP contribution in [-0.4, -0.2) is 16.5 Å². The average molecular weight is 343 g/mol. The second-order valence-electron chi connectivity index (χ2n) is 4.76. The van der Waals surface area contributed by atoms with E-state index in [9.17, 15) is 22.4 Å². The predicted octanol–water partition coefficient (Wildman–Crippen LogP) is 4.99. The Bertz CT molecular complexity index is 653. The van der Waals surface area contributed by atoms with Crippen LogP contribution in [0.15, 0.2) is 47.6 Å². The van der Waals surface area contributed by atoms with Gasteiger partial charge in [-0.1, -0.05) is 0 Å². The van der Waals surface area contributed by atoms with Crippen LogP contribution in [-0.2, 0) is 6.18 Å². The molecule has 0 aliphatic rings. The third-order valence-electron chi connectivity index (χ3n) is 3.03. The molecule has 2 aromatic rings. The molecule has 0 unspecified atom stereocenters. The summed E-state index contributed by atoms with van der Waals surface area (Å²) in [6, 6.07) is 7.63. The van der Waals surface area contributed by atoms with Gasteiger partial charge in [-0.15, -0.1) is 11.8 Å². The topological polar surface area (TPSA) is 30.0 Å². The third kappa shape index (κ3) is 5.35. The molecular formula is C16H13F4NOS. The Morgan fingerprint density at radius 2 is 1.78 bits per heavy atom. The monoisotopic (exact) mass is 343 g/mol. The first-order valence-corrected chi connectivity index (χ1v) is 7.79. The minimum absolute atomic E-state index is 0.0917. The first-order valence-electron chi connectivity index (χ1n) is 6.81. The first kappa shape index (κ1) is 17.5. The number of thioether (sulfide) groups is 1. The Balaban J connectivity index is 1.77. The van der Waals surface area contributed by atoms with E-state index in [1.165, 1.54) is 42.1 Å². The van der Waals surface area contributed by atoms with Crippen molar-refractivity contribution in [2.24, 2.45) is 0 Å². The lowest BCUT2D eigenvalue weighted by Gasteiger charge is -2.06. The summed E-state index contributed by atoms with van der Waals surface area (Å²) in [5.41, 5.74) is -0.336. The zero-order valence-corrected chi connectivity index (χ0v) is 12.8. The minimum Gasteiger partial charge on any atom is -0.294 e. The molecule has 0 fully saturated rings. The summed E-state index contributed by atoms with van der Waals surface area (Å²) in [6.45, 7) is 0. The highest BCUT2D eigenvalue weighted by atomic mass is 32.2. The van der Waals surface area contributed by atoms with E-state index >= 15 is 0 Å². The zero-order valence-electron chi connectivity index (χ0n) is 11.9. The van der Waals surface area contributed by atoms with Crippen molar-refractivity contribution >= 4 is 17.5 Å². The molecule has 0 radical (unpaired) electrons. The number of halogens is 4. The lowest BCUT2D eigenvalue weighted by atomic mass is 10.1. The Kier molecular flexibility index (Phi) is 5.76. The Morgan fingerprint density at radius 3 is 2.35 bits per heavy atom. The number of alkyl halides is 3. The molecule has 0 bridgehead atoms. The highest BCUT2D eigenvalue weighted by molar-refractivity contribution is 7.99. The largest absolute Gasteiger partial charge is 0.417 e. The standard InChI is InChI=1S/C16H13F4NOS/c17-13-6-3-11(4-7-13)14(22)2-1-9-23-15-8-5-12(10-21-15)16(18,19)20/h3-8,10H,1-2,9H2. The summed E-state index contributed by atoms with van der Waals surface area (Å²) in [5.74, 6) is 0.0714. The molecular weight excluding hydrogens is 330 g/mol. The Morgan fingerprint density at radius 1 is 1.09 bits per heavy atom. The summed E-state index contributed by atoms with van der Waals surface area (Å²) in [5, 5.41) is 0.479. The van der Waals surface area contributed by atoms with Gasteiger partial charge in [-0.05, 0) is 48.6 Å². The number of carbonyl (C=O) groups excluding carboxylic acids is 1. The summed E-state index contributed by atoms with van der Waals surface area (Å²) < 4.78 is 49.9. The van der Waals surface area contributed by atoms with E-state index in [1.807, 2.05) is 0 Å². The van der Waals surface area contributed by atoms with E-state index in [2.05, 4.69) is 4.98 Å². The second-order valence-corrected chi connectivity index (χ2v) is 5.88. The van der Waals surface area contributed by atoms with Crippen molar-refractivity contribution in [2.45, 2.75) is 24.0 Å². The van der Waals surface area contributed by atoms with Crippen molar-refractivity contribution in [1.29, 1.82) is 0 Å². The number of hydrogen-bond acceptors (Lipinski definition) is 3. The molecule has 122 valence electrons. The van der Waals surface area contributed by atoms with Gasteiger partial charge in [0.1, 0.15) is 5.82 Å². The fraction of sp³-hybridized carbons (Fsp3) is 0.250. The van der Waals surface area contributed by atoms with Crippen LogP contribution in [0.2, 0.25) is 0 Å². The van der Waals surface area contributed by atoms with Gasteiger partial charge < -0.3 is 0 Å². The van der Waals surface area contributed by atoms with Crippen LogP contribution in [0.3, 0.4) is 0 Å². The van der Waals surface area contributed by atoms with Crippen LogP contribution in [0, 0.1) is 5.82 Å². The lowest BCUT2D eigenvalue weighted by molar-refractivity contribution is -0.137. The Hall–Kier alpha value is -1.89. The maximum atomic E-state index is 12.8. The van der Waals surface area contributed by atoms with Crippen molar-refractivity contribution in [1.82, 2.24) is 4.98 Å². The van der Waals surface area contributed by atoms with E-state index in [0.717, 1.165) is 12.3 Å². The normalized spacial score (nSPS) is 11.5. The van der Waals surface area contributed by atoms with Gasteiger partial charge in [-0.25, -0.2) is 9.37 Å². The predicted molar refractivity (Wildman–Crippen MR) is 79.9 cm³/mol. The van der Waals surface area contributed by atoms with Gasteiger partial charge in [-0.2, -0.15) is 13.2 Å². The molecule has 0 aliphatic heterocycles. The highest BCUT2D eigenvalue weighted by Gasteiger charge is 2.30. The quantitative estimate of drug-likeness (QED) is 0.320. The first-order chi connectivity index (χ1) is 10.9. The summed E-state index contributed by atoms with van der Waals surface area (Å²) in [7, 11) is 0. The van der Waals surface area contributed by atoms with Gasteiger partial charge in [0.25, 0.3) is 0 Å². The number of Topliss-reactive ketones (excluding diaryl/α,β-unsaturated/α-hetero) is 1. The summed E-state index contributed by atoms with van der Waals surface area (Å²) >= 11 is 1.29. The number of pyridine rings is 1. The van der Waals surface area contributed by atoms with Crippen molar-refractivity contribution < 1.29 is 22.4 Å². The SMILES string of the molecule is O=C(CCCSc1ccc(C(F)(F)F)cn1)c1ccc(F)cc1. The molecule has 0 N–H and O–H groups in total. The van der Waals surface area contributed by atoms with Crippen LogP contribution >= 0.6 is 11.8 Å². The van der Waals surface area contributed by atoms with Crippen LogP contribution < -0.4 is 0 Å². The van der Waals surface area contributed by atoms with Crippen molar-refractivity contribution in [3.63, 3.8) is 0 Å². The molecule has 0 spiro atoms. The van der Waals surface area contributed by atoms with E-state index < -0.39 is 17.6 Å². The minimum atomic E-state index is -4.39. The number of ketones is 1. The maximum absolute atomic E-state index is 12.8. The smallest absolute Gasteiger partial charge is 0.294 e. The van der Waals surface area contributed by atoms with Crippen molar-refractivity contribution in [3.05, 3.63) is 59.5 Å². The van der Waals surface area contributed by atoms with E-state index in [1.54, 1.807) is 0 Å². The van der Waals surface area contributed by atoms with Crippen LogP contribution in [0.5, 0.6) is 0 Å². The molecule has 2 rings (SSSR count). The lowest BCUT2D eigenvalue weighted by Crippen LogP contribution is -2.05. The van der Waals surface area contributed by atoms with Gasteiger partial charge >= 0.3 is 6.18 Å². The summed E-state index contributed by atoms with van der Waals surface area (Å²) in [6.07, 6.45) is -2.74. The second kappa shape index (κ2) is 7.59. The van der Waals surface area contributed by atoms with Crippen molar-refractivity contribution in [2.75, 3.05) is 5.75 Å². The fourth-order valence-corrected chi connectivity index (χ4v) is 2.61. The number of nitrogens with zero attached hydrogens (tertiary/aromatic N) is 1. The molecule has 23 heavy (non-hydrogen) atoms. The molecule has 2 nitrogen and oxygen atoms in total. The molecule has 0 saturated carbocycles. The van der Waals surface area contributed by atoms with E-state index in [4.69, 9.17) is 0 Å². The van der Waals surface area contributed by atoms with Crippen LogP contribution in [0.1, 0.15) is 28.8 Å². The molecule has 0 amide bonds. The number of hydrogen-bond donors (Lipinski definition) is 0. The third-order valence-corrected chi connectivity index (χ3v) is 4.06. The van der Waals surface area contributed by atoms with Gasteiger partial charge in [0.15, 0.2) is 5.78 Å². The number of benzene rings is 1. The molecule has 7 heteroatoms. The highest BCUT2D eigenvalue weighted by Crippen LogP contribution is 2.29. The van der Waals surface area contributed by atoms with Crippen LogP contribution in [0.25, 0.3) is 0 Å². The fourth-order valence-electron chi connectivity index (χ4n) is 1.82. The van der Waals surface area contributed by atoms with E-state index in [0.29, 0.717) is 29.2 Å². The van der Waals surface area contributed by atoms with Crippen molar-refractivity contribution in [3.8, 4) is 0 Å². The molecule has 1 heterocycles.